The highest BCUT2D eigenvalue weighted by atomic mass is 35.5. The maximum absolute atomic E-state index is 15.6. The van der Waals surface area contributed by atoms with Gasteiger partial charge < -0.3 is 20.8 Å². The molecule has 0 unspecified atom stereocenters. The van der Waals surface area contributed by atoms with Gasteiger partial charge in [0.15, 0.2) is 0 Å². The Morgan fingerprint density at radius 2 is 1.97 bits per heavy atom. The fraction of sp³-hybridized carbons (Fsp3) is 0.500. The number of aliphatic hydroxyl groups excluding tert-OH is 2. The van der Waals surface area contributed by atoms with Gasteiger partial charge in [-0.1, -0.05) is 68.2 Å². The Morgan fingerprint density at radius 3 is 2.57 bits per heavy atom. The zero-order chi connectivity index (χ0) is 27.5. The lowest BCUT2D eigenvalue weighted by molar-refractivity contribution is -0.123. The Labute approximate surface area is 227 Å². The molecular formula is C28H34Cl2FN3O3. The summed E-state index contributed by atoms with van der Waals surface area (Å²) in [6.45, 7) is 7.65. The smallest absolute Gasteiger partial charge is 0.237 e. The zero-order valence-corrected chi connectivity index (χ0v) is 23.0. The minimum atomic E-state index is -1.33. The molecule has 1 saturated heterocycles. The molecule has 1 aliphatic heterocycles. The summed E-state index contributed by atoms with van der Waals surface area (Å²) < 4.78 is 15.6. The third kappa shape index (κ3) is 6.10. The predicted molar refractivity (Wildman–Crippen MR) is 143 cm³/mol. The summed E-state index contributed by atoms with van der Waals surface area (Å²) in [5.74, 6) is -2.03. The maximum atomic E-state index is 15.6. The number of halogens is 3. The van der Waals surface area contributed by atoms with Crippen LogP contribution in [-0.2, 0) is 10.2 Å². The summed E-state index contributed by atoms with van der Waals surface area (Å²) in [4.78, 5) is 13.6. The molecule has 1 heterocycles. The monoisotopic (exact) mass is 549 g/mol. The Hall–Kier alpha value is -2.21. The number of hydrogen-bond acceptors (Lipinski definition) is 5. The van der Waals surface area contributed by atoms with Gasteiger partial charge in [0.2, 0.25) is 5.91 Å². The fourth-order valence-electron chi connectivity index (χ4n) is 5.23. The second kappa shape index (κ2) is 11.7. The summed E-state index contributed by atoms with van der Waals surface area (Å²) in [5.41, 5.74) is 0.00500. The van der Waals surface area contributed by atoms with Gasteiger partial charge in [-0.25, -0.2) is 4.39 Å². The predicted octanol–water partition coefficient (Wildman–Crippen LogP) is 4.62. The van der Waals surface area contributed by atoms with Crippen molar-refractivity contribution in [2.75, 3.05) is 13.2 Å². The third-order valence-electron chi connectivity index (χ3n) is 6.98. The Balaban J connectivity index is 2.22. The highest BCUT2D eigenvalue weighted by Gasteiger charge is 2.60. The van der Waals surface area contributed by atoms with E-state index in [-0.39, 0.29) is 29.0 Å². The van der Waals surface area contributed by atoms with Crippen molar-refractivity contribution in [2.45, 2.75) is 70.1 Å². The minimum Gasteiger partial charge on any atom is -0.394 e. The van der Waals surface area contributed by atoms with Crippen molar-refractivity contribution in [3.63, 3.8) is 0 Å². The van der Waals surface area contributed by atoms with Gasteiger partial charge in [0.25, 0.3) is 0 Å². The molecule has 0 radical (unpaired) electrons. The van der Waals surface area contributed by atoms with Crippen molar-refractivity contribution in [2.24, 2.45) is 5.41 Å². The van der Waals surface area contributed by atoms with Crippen molar-refractivity contribution in [1.82, 2.24) is 10.6 Å². The molecule has 200 valence electrons. The van der Waals surface area contributed by atoms with Crippen molar-refractivity contribution < 1.29 is 19.4 Å². The molecule has 0 aromatic heterocycles. The van der Waals surface area contributed by atoms with Crippen molar-refractivity contribution in [1.29, 1.82) is 5.26 Å². The van der Waals surface area contributed by atoms with Crippen LogP contribution in [0.25, 0.3) is 0 Å². The Morgan fingerprint density at radius 1 is 1.27 bits per heavy atom. The molecular weight excluding hydrogens is 516 g/mol. The molecule has 1 fully saturated rings. The van der Waals surface area contributed by atoms with E-state index in [9.17, 15) is 15.2 Å². The highest BCUT2D eigenvalue weighted by molar-refractivity contribution is 6.31. The van der Waals surface area contributed by atoms with E-state index in [1.165, 1.54) is 6.07 Å². The average Bonchev–Trinajstić information content (AvgIpc) is 3.15. The standard InChI is InChI=1S/C28H34Cl2FN3O3/c1-16-12-17(8-9-20(16)29)28(15-32)22(13-27(2,3)4)34-25(26(37)33-11-10-18(36)14-35)23(28)19-6-5-7-21(30)24(19)31/h5-9,12,18,22-23,25,34-36H,10-11,13-14H2,1-4H3,(H,33,37)/t18-,22-,23-,25+,28-/m0/s1. The number of rotatable bonds is 8. The van der Waals surface area contributed by atoms with Gasteiger partial charge in [0, 0.05) is 23.5 Å². The number of amides is 1. The van der Waals surface area contributed by atoms with Gasteiger partial charge in [-0.05, 0) is 54.0 Å². The van der Waals surface area contributed by atoms with Gasteiger partial charge >= 0.3 is 0 Å². The first-order chi connectivity index (χ1) is 17.4. The first-order valence-corrected chi connectivity index (χ1v) is 13.1. The normalized spacial score (nSPS) is 24.5. The van der Waals surface area contributed by atoms with Crippen molar-refractivity contribution >= 4 is 29.1 Å². The number of nitrogens with zero attached hydrogens (tertiary/aromatic N) is 1. The van der Waals surface area contributed by atoms with E-state index in [0.29, 0.717) is 17.0 Å². The lowest BCUT2D eigenvalue weighted by Crippen LogP contribution is -2.46. The van der Waals surface area contributed by atoms with Crippen LogP contribution in [0.5, 0.6) is 0 Å². The first-order valence-electron chi connectivity index (χ1n) is 12.3. The molecule has 37 heavy (non-hydrogen) atoms. The molecule has 1 amide bonds. The van der Waals surface area contributed by atoms with Crippen molar-refractivity contribution in [3.8, 4) is 6.07 Å². The van der Waals surface area contributed by atoms with Crippen LogP contribution in [0, 0.1) is 29.5 Å². The zero-order valence-electron chi connectivity index (χ0n) is 21.5. The number of aliphatic hydroxyl groups is 2. The minimum absolute atomic E-state index is 0.0962. The van der Waals surface area contributed by atoms with E-state index in [1.807, 2.05) is 33.8 Å². The maximum Gasteiger partial charge on any atom is 0.237 e. The molecule has 2 aromatic carbocycles. The molecule has 2 aromatic rings. The summed E-state index contributed by atoms with van der Waals surface area (Å²) in [5, 5.41) is 36.3. The van der Waals surface area contributed by atoms with Gasteiger partial charge in [-0.15, -0.1) is 0 Å². The third-order valence-corrected chi connectivity index (χ3v) is 7.69. The molecule has 1 aliphatic rings. The lowest BCUT2D eigenvalue weighted by atomic mass is 9.62. The number of nitriles is 1. The van der Waals surface area contributed by atoms with Crippen LogP contribution in [0.2, 0.25) is 10.0 Å². The van der Waals surface area contributed by atoms with Gasteiger partial charge in [0.05, 0.1) is 29.8 Å². The second-order valence-electron chi connectivity index (χ2n) is 10.9. The van der Waals surface area contributed by atoms with E-state index in [1.54, 1.807) is 24.3 Å². The Kier molecular flexibility index (Phi) is 9.26. The summed E-state index contributed by atoms with van der Waals surface area (Å²) in [6.07, 6.45) is -0.300. The van der Waals surface area contributed by atoms with E-state index in [0.717, 1.165) is 5.56 Å². The van der Waals surface area contributed by atoms with E-state index in [2.05, 4.69) is 16.7 Å². The number of carbonyl (C=O) groups excluding carboxylic acids is 1. The summed E-state index contributed by atoms with van der Waals surface area (Å²) in [7, 11) is 0. The topological polar surface area (TPSA) is 105 Å². The SMILES string of the molecule is Cc1cc([C@@]2(C#N)[C@H](CC(C)(C)C)N[C@@H](C(=O)NCC[C@H](O)CO)[C@@H]2c2cccc(Cl)c2F)ccc1Cl. The van der Waals surface area contributed by atoms with Crippen LogP contribution in [0.4, 0.5) is 4.39 Å². The van der Waals surface area contributed by atoms with E-state index in [4.69, 9.17) is 28.3 Å². The van der Waals surface area contributed by atoms with E-state index < -0.39 is 47.9 Å². The largest absolute Gasteiger partial charge is 0.394 e. The number of carbonyl (C=O) groups is 1. The molecule has 4 N–H and O–H groups in total. The van der Waals surface area contributed by atoms with E-state index >= 15 is 4.39 Å². The quantitative estimate of drug-likeness (QED) is 0.384. The summed E-state index contributed by atoms with van der Waals surface area (Å²) in [6, 6.07) is 10.9. The van der Waals surface area contributed by atoms with Crippen LogP contribution in [0.15, 0.2) is 36.4 Å². The van der Waals surface area contributed by atoms with Gasteiger partial charge in [-0.3, -0.25) is 4.79 Å². The van der Waals surface area contributed by atoms with Crippen LogP contribution in [0.3, 0.4) is 0 Å². The van der Waals surface area contributed by atoms with Gasteiger partial charge in [-0.2, -0.15) is 5.26 Å². The molecule has 0 saturated carbocycles. The number of benzene rings is 2. The molecule has 0 bridgehead atoms. The summed E-state index contributed by atoms with van der Waals surface area (Å²) >= 11 is 12.5. The lowest BCUT2D eigenvalue weighted by Gasteiger charge is -2.37. The van der Waals surface area contributed by atoms with Crippen LogP contribution >= 0.6 is 23.2 Å². The highest BCUT2D eigenvalue weighted by Crippen LogP contribution is 2.52. The van der Waals surface area contributed by atoms with Crippen LogP contribution < -0.4 is 10.6 Å². The molecule has 0 aliphatic carbocycles. The first kappa shape index (κ1) is 29.3. The second-order valence-corrected chi connectivity index (χ2v) is 11.8. The molecule has 6 nitrogen and oxygen atoms in total. The number of aryl methyl sites for hydroxylation is 1. The van der Waals surface area contributed by atoms with Gasteiger partial charge in [0.1, 0.15) is 11.2 Å². The fourth-order valence-corrected chi connectivity index (χ4v) is 5.53. The van der Waals surface area contributed by atoms with Crippen LogP contribution in [0.1, 0.15) is 56.2 Å². The number of hydrogen-bond donors (Lipinski definition) is 4. The molecule has 3 rings (SSSR count). The van der Waals surface area contributed by atoms with Crippen molar-refractivity contribution in [3.05, 3.63) is 69.0 Å². The molecule has 5 atom stereocenters. The Bertz CT molecular complexity index is 1180. The average molecular weight is 551 g/mol. The molecule has 9 heteroatoms. The number of nitrogens with one attached hydrogen (secondary N) is 2. The molecule has 0 spiro atoms. The van der Waals surface area contributed by atoms with Crippen LogP contribution in [-0.4, -0.2) is 47.5 Å².